The highest BCUT2D eigenvalue weighted by molar-refractivity contribution is 6.02. The molecule has 0 spiro atoms. The van der Waals surface area contributed by atoms with Crippen LogP contribution in [0.25, 0.3) is 0 Å². The summed E-state index contributed by atoms with van der Waals surface area (Å²) in [5, 5.41) is 0. The van der Waals surface area contributed by atoms with Crippen molar-refractivity contribution in [3.63, 3.8) is 0 Å². The topological polar surface area (TPSA) is 26.3 Å². The minimum atomic E-state index is -0.00329. The van der Waals surface area contributed by atoms with Gasteiger partial charge < -0.3 is 4.74 Å². The maximum atomic E-state index is 12.5. The number of rotatable bonds is 2. The molecule has 0 N–H and O–H groups in total. The number of carbonyl (C=O) groups excluding carboxylic acids is 1. The molecule has 18 heavy (non-hydrogen) atoms. The number of hydrogen-bond donors (Lipinski definition) is 0. The van der Waals surface area contributed by atoms with Gasteiger partial charge in [0.2, 0.25) is 5.78 Å². The van der Waals surface area contributed by atoms with Crippen molar-refractivity contribution in [3.8, 4) is 0 Å². The SMILES string of the molecule is COC1=C2CCCC[C@H]2[C@H](c2ccccc2)C1=O. The fourth-order valence-electron chi connectivity index (χ4n) is 3.45. The molecule has 0 heterocycles. The van der Waals surface area contributed by atoms with E-state index in [1.165, 1.54) is 18.4 Å². The van der Waals surface area contributed by atoms with Crippen LogP contribution in [0.1, 0.15) is 37.2 Å². The summed E-state index contributed by atoms with van der Waals surface area (Å²) in [6.07, 6.45) is 4.56. The van der Waals surface area contributed by atoms with Crippen molar-refractivity contribution in [2.24, 2.45) is 5.92 Å². The van der Waals surface area contributed by atoms with Crippen LogP contribution in [0.15, 0.2) is 41.7 Å². The molecule has 0 aliphatic heterocycles. The smallest absolute Gasteiger partial charge is 0.205 e. The lowest BCUT2D eigenvalue weighted by Crippen LogP contribution is -2.18. The van der Waals surface area contributed by atoms with Gasteiger partial charge in [-0.1, -0.05) is 36.8 Å². The Bertz CT molecular complexity index is 487. The Kier molecular flexibility index (Phi) is 2.94. The highest BCUT2D eigenvalue weighted by Gasteiger charge is 2.44. The lowest BCUT2D eigenvalue weighted by atomic mass is 9.77. The standard InChI is InChI=1S/C16H18O2/c1-18-16-13-10-6-5-9-12(13)14(15(16)17)11-7-3-2-4-8-11/h2-4,7-8,12,14H,5-6,9-10H2,1H3/t12-,14+/m1/s1. The molecule has 0 bridgehead atoms. The number of methoxy groups -OCH3 is 1. The van der Waals surface area contributed by atoms with E-state index in [0.29, 0.717) is 11.7 Å². The van der Waals surface area contributed by atoms with Crippen molar-refractivity contribution in [1.82, 2.24) is 0 Å². The van der Waals surface area contributed by atoms with E-state index >= 15 is 0 Å². The minimum absolute atomic E-state index is 0.00329. The molecule has 0 amide bonds. The summed E-state index contributed by atoms with van der Waals surface area (Å²) in [5.74, 6) is 1.21. The van der Waals surface area contributed by atoms with Gasteiger partial charge in [0, 0.05) is 0 Å². The number of ketones is 1. The predicted molar refractivity (Wildman–Crippen MR) is 70.2 cm³/mol. The second-order valence-electron chi connectivity index (χ2n) is 5.16. The van der Waals surface area contributed by atoms with E-state index in [1.807, 2.05) is 18.2 Å². The number of hydrogen-bond acceptors (Lipinski definition) is 2. The molecule has 2 nitrogen and oxygen atoms in total. The van der Waals surface area contributed by atoms with Gasteiger partial charge in [-0.2, -0.15) is 0 Å². The maximum absolute atomic E-state index is 12.5. The number of carbonyl (C=O) groups is 1. The van der Waals surface area contributed by atoms with Crippen LogP contribution >= 0.6 is 0 Å². The first-order valence-corrected chi connectivity index (χ1v) is 6.69. The second kappa shape index (κ2) is 4.60. The zero-order valence-corrected chi connectivity index (χ0v) is 10.7. The Morgan fingerprint density at radius 1 is 1.17 bits per heavy atom. The fraction of sp³-hybridized carbons (Fsp3) is 0.438. The van der Waals surface area contributed by atoms with E-state index in [2.05, 4.69) is 12.1 Å². The number of fused-ring (bicyclic) bond motifs is 1. The van der Waals surface area contributed by atoms with Crippen molar-refractivity contribution < 1.29 is 9.53 Å². The van der Waals surface area contributed by atoms with E-state index in [1.54, 1.807) is 7.11 Å². The van der Waals surface area contributed by atoms with E-state index in [9.17, 15) is 4.79 Å². The van der Waals surface area contributed by atoms with Crippen LogP contribution in [0.5, 0.6) is 0 Å². The van der Waals surface area contributed by atoms with E-state index in [-0.39, 0.29) is 11.7 Å². The van der Waals surface area contributed by atoms with Gasteiger partial charge in [-0.25, -0.2) is 0 Å². The van der Waals surface area contributed by atoms with Crippen LogP contribution in [0, 0.1) is 5.92 Å². The molecular formula is C16H18O2. The van der Waals surface area contributed by atoms with Gasteiger partial charge in [0.1, 0.15) is 0 Å². The van der Waals surface area contributed by atoms with Crippen molar-refractivity contribution in [1.29, 1.82) is 0 Å². The first-order chi connectivity index (χ1) is 8.83. The fourth-order valence-corrected chi connectivity index (χ4v) is 3.45. The lowest BCUT2D eigenvalue weighted by Gasteiger charge is -2.25. The van der Waals surface area contributed by atoms with E-state index in [0.717, 1.165) is 18.4 Å². The number of Topliss-reactive ketones (excluding diaryl/α,β-unsaturated/α-hetero) is 1. The Morgan fingerprint density at radius 2 is 1.94 bits per heavy atom. The summed E-state index contributed by atoms with van der Waals surface area (Å²) in [4.78, 5) is 12.5. The van der Waals surface area contributed by atoms with E-state index < -0.39 is 0 Å². The van der Waals surface area contributed by atoms with Crippen molar-refractivity contribution in [2.45, 2.75) is 31.6 Å². The van der Waals surface area contributed by atoms with Crippen LogP contribution in [-0.2, 0) is 9.53 Å². The molecule has 2 aliphatic carbocycles. The van der Waals surface area contributed by atoms with Crippen molar-refractivity contribution in [3.05, 3.63) is 47.2 Å². The molecule has 1 aromatic carbocycles. The van der Waals surface area contributed by atoms with Gasteiger partial charge in [0.15, 0.2) is 5.76 Å². The lowest BCUT2D eigenvalue weighted by molar-refractivity contribution is -0.119. The summed E-state index contributed by atoms with van der Waals surface area (Å²) in [5.41, 5.74) is 2.40. The Balaban J connectivity index is 2.01. The zero-order valence-electron chi connectivity index (χ0n) is 10.7. The Labute approximate surface area is 108 Å². The second-order valence-corrected chi connectivity index (χ2v) is 5.16. The third-order valence-corrected chi connectivity index (χ3v) is 4.22. The summed E-state index contributed by atoms with van der Waals surface area (Å²) in [6, 6.07) is 10.1. The normalized spacial score (nSPS) is 27.3. The van der Waals surface area contributed by atoms with Crippen molar-refractivity contribution in [2.75, 3.05) is 7.11 Å². The number of ether oxygens (including phenoxy) is 1. The predicted octanol–water partition coefficient (Wildman–Crippen LogP) is 3.44. The minimum Gasteiger partial charge on any atom is -0.493 e. The Morgan fingerprint density at radius 3 is 2.67 bits per heavy atom. The molecule has 0 radical (unpaired) electrons. The van der Waals surface area contributed by atoms with Gasteiger partial charge in [-0.15, -0.1) is 0 Å². The number of allylic oxidation sites excluding steroid dienone is 2. The first kappa shape index (κ1) is 11.5. The van der Waals surface area contributed by atoms with Crippen LogP contribution in [0.2, 0.25) is 0 Å². The van der Waals surface area contributed by atoms with Gasteiger partial charge in [-0.05, 0) is 36.3 Å². The molecule has 94 valence electrons. The summed E-state index contributed by atoms with van der Waals surface area (Å²) >= 11 is 0. The molecular weight excluding hydrogens is 224 g/mol. The third-order valence-electron chi connectivity index (χ3n) is 4.22. The highest BCUT2D eigenvalue weighted by Crippen LogP contribution is 2.48. The molecule has 2 aliphatic rings. The largest absolute Gasteiger partial charge is 0.493 e. The zero-order chi connectivity index (χ0) is 12.5. The molecule has 3 rings (SSSR count). The van der Waals surface area contributed by atoms with Gasteiger partial charge >= 0.3 is 0 Å². The molecule has 0 saturated heterocycles. The van der Waals surface area contributed by atoms with Crippen LogP contribution in [0.4, 0.5) is 0 Å². The van der Waals surface area contributed by atoms with Gasteiger partial charge in [-0.3, -0.25) is 4.79 Å². The van der Waals surface area contributed by atoms with Gasteiger partial charge in [0.05, 0.1) is 13.0 Å². The molecule has 0 aromatic heterocycles. The Hall–Kier alpha value is -1.57. The first-order valence-electron chi connectivity index (χ1n) is 6.69. The maximum Gasteiger partial charge on any atom is 0.205 e. The quantitative estimate of drug-likeness (QED) is 0.794. The van der Waals surface area contributed by atoms with Crippen LogP contribution in [-0.4, -0.2) is 12.9 Å². The van der Waals surface area contributed by atoms with Crippen LogP contribution in [0.3, 0.4) is 0 Å². The average molecular weight is 242 g/mol. The third kappa shape index (κ3) is 1.67. The van der Waals surface area contributed by atoms with Gasteiger partial charge in [0.25, 0.3) is 0 Å². The highest BCUT2D eigenvalue weighted by atomic mass is 16.5. The summed E-state index contributed by atoms with van der Waals surface area (Å²) < 4.78 is 5.37. The van der Waals surface area contributed by atoms with E-state index in [4.69, 9.17) is 4.74 Å². The summed E-state index contributed by atoms with van der Waals surface area (Å²) in [6.45, 7) is 0. The number of benzene rings is 1. The van der Waals surface area contributed by atoms with Crippen LogP contribution < -0.4 is 0 Å². The van der Waals surface area contributed by atoms with Crippen molar-refractivity contribution >= 4 is 5.78 Å². The average Bonchev–Trinajstić information content (AvgIpc) is 2.71. The molecule has 1 aromatic rings. The monoisotopic (exact) mass is 242 g/mol. The summed E-state index contributed by atoms with van der Waals surface area (Å²) in [7, 11) is 1.62. The molecule has 2 atom stereocenters. The molecule has 2 heteroatoms. The molecule has 1 fully saturated rings. The molecule has 0 unspecified atom stereocenters. The molecule has 1 saturated carbocycles.